The predicted octanol–water partition coefficient (Wildman–Crippen LogP) is 3.60. The molecule has 1 heterocycles. The fourth-order valence-corrected chi connectivity index (χ4v) is 3.94. The van der Waals surface area contributed by atoms with Crippen molar-refractivity contribution in [2.75, 3.05) is 20.1 Å². The van der Waals surface area contributed by atoms with E-state index in [0.717, 1.165) is 25.7 Å². The SMILES string of the molecule is CN1CCC(c2cccc(C3(N=C=O)CCCC3)c2)CC1. The first-order chi connectivity index (χ1) is 10.2. The molecular weight excluding hydrogens is 260 g/mol. The zero-order valence-corrected chi connectivity index (χ0v) is 12.8. The Morgan fingerprint density at radius 2 is 1.95 bits per heavy atom. The fraction of sp³-hybridized carbons (Fsp3) is 0.611. The van der Waals surface area contributed by atoms with Crippen molar-refractivity contribution < 1.29 is 4.79 Å². The second-order valence-electron chi connectivity index (χ2n) is 6.64. The molecule has 0 N–H and O–H groups in total. The molecule has 3 rings (SSSR count). The van der Waals surface area contributed by atoms with E-state index in [9.17, 15) is 4.79 Å². The second kappa shape index (κ2) is 6.13. The van der Waals surface area contributed by atoms with E-state index in [1.165, 1.54) is 37.1 Å². The predicted molar refractivity (Wildman–Crippen MR) is 84.2 cm³/mol. The third kappa shape index (κ3) is 2.95. The average molecular weight is 284 g/mol. The van der Waals surface area contributed by atoms with Gasteiger partial charge in [0.25, 0.3) is 0 Å². The number of likely N-dealkylation sites (tertiary alicyclic amines) is 1. The quantitative estimate of drug-likeness (QED) is 0.627. The third-order valence-electron chi connectivity index (χ3n) is 5.30. The summed E-state index contributed by atoms with van der Waals surface area (Å²) in [6.45, 7) is 2.35. The van der Waals surface area contributed by atoms with Crippen LogP contribution in [0.25, 0.3) is 0 Å². The molecule has 0 aromatic heterocycles. The summed E-state index contributed by atoms with van der Waals surface area (Å²) in [4.78, 5) is 17.5. The Hall–Kier alpha value is -1.44. The van der Waals surface area contributed by atoms with E-state index in [4.69, 9.17) is 0 Å². The van der Waals surface area contributed by atoms with Gasteiger partial charge in [-0.1, -0.05) is 37.1 Å². The van der Waals surface area contributed by atoms with Crippen molar-refractivity contribution in [1.82, 2.24) is 4.90 Å². The molecule has 2 aliphatic rings. The number of aliphatic imine (C=N–C) groups is 1. The number of carbonyl (C=O) groups excluding carboxylic acids is 1. The molecule has 1 aliphatic heterocycles. The van der Waals surface area contributed by atoms with Gasteiger partial charge in [-0.2, -0.15) is 4.99 Å². The van der Waals surface area contributed by atoms with Gasteiger partial charge in [0.2, 0.25) is 6.08 Å². The van der Waals surface area contributed by atoms with Crippen LogP contribution in [0.2, 0.25) is 0 Å². The van der Waals surface area contributed by atoms with Crippen LogP contribution >= 0.6 is 0 Å². The topological polar surface area (TPSA) is 32.7 Å². The first kappa shape index (κ1) is 14.5. The monoisotopic (exact) mass is 284 g/mol. The van der Waals surface area contributed by atoms with Crippen molar-refractivity contribution in [3.8, 4) is 0 Å². The number of hydrogen-bond donors (Lipinski definition) is 0. The van der Waals surface area contributed by atoms with Crippen molar-refractivity contribution in [1.29, 1.82) is 0 Å². The highest BCUT2D eigenvalue weighted by atomic mass is 16.1. The van der Waals surface area contributed by atoms with Crippen LogP contribution in [0.1, 0.15) is 55.6 Å². The van der Waals surface area contributed by atoms with Crippen LogP contribution in [-0.4, -0.2) is 31.1 Å². The summed E-state index contributed by atoms with van der Waals surface area (Å²) in [6, 6.07) is 8.84. The van der Waals surface area contributed by atoms with Crippen LogP contribution in [0.5, 0.6) is 0 Å². The molecule has 0 spiro atoms. The molecule has 21 heavy (non-hydrogen) atoms. The average Bonchev–Trinajstić information content (AvgIpc) is 2.98. The number of isocyanates is 1. The number of hydrogen-bond acceptors (Lipinski definition) is 3. The molecular formula is C18H24N2O. The summed E-state index contributed by atoms with van der Waals surface area (Å²) in [5.41, 5.74) is 2.36. The van der Waals surface area contributed by atoms with Crippen LogP contribution in [0.15, 0.2) is 29.3 Å². The maximum absolute atomic E-state index is 10.9. The third-order valence-corrected chi connectivity index (χ3v) is 5.30. The van der Waals surface area contributed by atoms with E-state index >= 15 is 0 Å². The van der Waals surface area contributed by atoms with Crippen molar-refractivity contribution >= 4 is 6.08 Å². The Labute approximate surface area is 127 Å². The van der Waals surface area contributed by atoms with Gasteiger partial charge in [0.05, 0.1) is 5.54 Å². The normalized spacial score (nSPS) is 22.9. The largest absolute Gasteiger partial charge is 0.306 e. The van der Waals surface area contributed by atoms with Crippen molar-refractivity contribution in [2.45, 2.75) is 50.0 Å². The molecule has 1 saturated heterocycles. The Bertz CT molecular complexity index is 534. The van der Waals surface area contributed by atoms with Gasteiger partial charge in [-0.15, -0.1) is 0 Å². The van der Waals surface area contributed by atoms with Gasteiger partial charge >= 0.3 is 0 Å². The second-order valence-corrected chi connectivity index (χ2v) is 6.64. The molecule has 3 heteroatoms. The van der Waals surface area contributed by atoms with Gasteiger partial charge in [-0.05, 0) is 62.9 Å². The lowest BCUT2D eigenvalue weighted by atomic mass is 9.83. The fourth-order valence-electron chi connectivity index (χ4n) is 3.94. The molecule has 2 fully saturated rings. The van der Waals surface area contributed by atoms with Gasteiger partial charge in [0.1, 0.15) is 0 Å². The summed E-state index contributed by atoms with van der Waals surface area (Å²) in [6.07, 6.45) is 8.56. The Balaban J connectivity index is 1.87. The maximum Gasteiger partial charge on any atom is 0.235 e. The molecule has 1 aromatic carbocycles. The minimum Gasteiger partial charge on any atom is -0.306 e. The lowest BCUT2D eigenvalue weighted by molar-refractivity contribution is 0.255. The number of piperidine rings is 1. The van der Waals surface area contributed by atoms with Crippen molar-refractivity contribution in [3.63, 3.8) is 0 Å². The summed E-state index contributed by atoms with van der Waals surface area (Å²) in [7, 11) is 2.19. The minimum absolute atomic E-state index is 0.288. The van der Waals surface area contributed by atoms with Crippen LogP contribution in [0.3, 0.4) is 0 Å². The van der Waals surface area contributed by atoms with E-state index in [2.05, 4.69) is 41.2 Å². The Morgan fingerprint density at radius 3 is 2.62 bits per heavy atom. The molecule has 0 radical (unpaired) electrons. The molecule has 112 valence electrons. The van der Waals surface area contributed by atoms with E-state index in [1.807, 2.05) is 6.08 Å². The lowest BCUT2D eigenvalue weighted by Gasteiger charge is -2.30. The van der Waals surface area contributed by atoms with Gasteiger partial charge in [0, 0.05) is 0 Å². The smallest absolute Gasteiger partial charge is 0.235 e. The summed E-state index contributed by atoms with van der Waals surface area (Å²) in [5.74, 6) is 0.653. The van der Waals surface area contributed by atoms with Crippen LogP contribution < -0.4 is 0 Å². The lowest BCUT2D eigenvalue weighted by Crippen LogP contribution is -2.29. The Kier molecular flexibility index (Phi) is 4.23. The first-order valence-corrected chi connectivity index (χ1v) is 8.11. The van der Waals surface area contributed by atoms with Gasteiger partial charge in [0.15, 0.2) is 0 Å². The van der Waals surface area contributed by atoms with E-state index in [0.29, 0.717) is 5.92 Å². The highest BCUT2D eigenvalue weighted by Gasteiger charge is 2.36. The van der Waals surface area contributed by atoms with Crippen molar-refractivity contribution in [2.24, 2.45) is 4.99 Å². The van der Waals surface area contributed by atoms with Crippen LogP contribution in [0, 0.1) is 0 Å². The van der Waals surface area contributed by atoms with E-state index < -0.39 is 0 Å². The highest BCUT2D eigenvalue weighted by molar-refractivity contribution is 5.40. The first-order valence-electron chi connectivity index (χ1n) is 8.11. The summed E-state index contributed by atoms with van der Waals surface area (Å²) < 4.78 is 0. The minimum atomic E-state index is -0.288. The molecule has 1 saturated carbocycles. The number of nitrogens with zero attached hydrogens (tertiary/aromatic N) is 2. The van der Waals surface area contributed by atoms with Crippen molar-refractivity contribution in [3.05, 3.63) is 35.4 Å². The Morgan fingerprint density at radius 1 is 1.24 bits per heavy atom. The molecule has 0 amide bonds. The molecule has 1 aliphatic carbocycles. The van der Waals surface area contributed by atoms with Crippen LogP contribution in [0.4, 0.5) is 0 Å². The molecule has 1 aromatic rings. The highest BCUT2D eigenvalue weighted by Crippen LogP contribution is 2.43. The molecule has 0 unspecified atom stereocenters. The molecule has 3 nitrogen and oxygen atoms in total. The zero-order valence-electron chi connectivity index (χ0n) is 12.8. The molecule has 0 atom stereocenters. The summed E-state index contributed by atoms with van der Waals surface area (Å²) in [5, 5.41) is 0. The van der Waals surface area contributed by atoms with E-state index in [-0.39, 0.29) is 5.54 Å². The van der Waals surface area contributed by atoms with Crippen LogP contribution in [-0.2, 0) is 10.3 Å². The standard InChI is InChI=1S/C18H24N2O/c1-20-11-7-15(8-12-20)16-5-4-6-17(13-16)18(19-14-21)9-2-3-10-18/h4-6,13,15H,2-3,7-12H2,1H3. The molecule has 0 bridgehead atoms. The zero-order chi connectivity index (χ0) is 14.7. The maximum atomic E-state index is 10.9. The number of benzene rings is 1. The summed E-state index contributed by atoms with van der Waals surface area (Å²) >= 11 is 0. The van der Waals surface area contributed by atoms with Gasteiger partial charge in [-0.3, -0.25) is 0 Å². The number of rotatable bonds is 3. The van der Waals surface area contributed by atoms with E-state index in [1.54, 1.807) is 0 Å². The van der Waals surface area contributed by atoms with Gasteiger partial charge < -0.3 is 4.90 Å². The van der Waals surface area contributed by atoms with Gasteiger partial charge in [-0.25, -0.2) is 4.79 Å².